The van der Waals surface area contributed by atoms with Crippen molar-refractivity contribution in [2.75, 3.05) is 63.3 Å². The Labute approximate surface area is 194 Å². The third-order valence-electron chi connectivity index (χ3n) is 6.20. The monoisotopic (exact) mass is 452 g/mol. The smallest absolute Gasteiger partial charge is 0.313 e. The van der Waals surface area contributed by atoms with Crippen molar-refractivity contribution >= 4 is 23.2 Å². The molecule has 1 fully saturated rings. The average Bonchev–Trinajstić information content (AvgIpc) is 3.21. The van der Waals surface area contributed by atoms with Crippen molar-refractivity contribution in [3.8, 4) is 5.75 Å². The minimum absolute atomic E-state index is 0.0300. The molecule has 2 amide bonds. The Bertz CT molecular complexity index is 990. The van der Waals surface area contributed by atoms with Crippen molar-refractivity contribution in [1.29, 1.82) is 0 Å². The summed E-state index contributed by atoms with van der Waals surface area (Å²) in [5.41, 5.74) is 4.21. The maximum absolute atomic E-state index is 12.7. The summed E-state index contributed by atoms with van der Waals surface area (Å²) in [6.07, 6.45) is 1.02. The molecule has 2 heterocycles. The summed E-state index contributed by atoms with van der Waals surface area (Å²) < 4.78 is 11.1. The van der Waals surface area contributed by atoms with Gasteiger partial charge in [0.15, 0.2) is 0 Å². The zero-order valence-corrected chi connectivity index (χ0v) is 19.3. The number of hydrogen-bond donors (Lipinski definition) is 2. The number of hydrogen-bond acceptors (Lipinski definition) is 6. The van der Waals surface area contributed by atoms with E-state index in [1.165, 1.54) is 11.3 Å². The summed E-state index contributed by atoms with van der Waals surface area (Å²) >= 11 is 0. The van der Waals surface area contributed by atoms with Crippen LogP contribution in [0.5, 0.6) is 5.75 Å². The fourth-order valence-corrected chi connectivity index (χ4v) is 4.44. The van der Waals surface area contributed by atoms with E-state index in [1.54, 1.807) is 18.2 Å². The predicted molar refractivity (Wildman–Crippen MR) is 128 cm³/mol. The fraction of sp³-hybridized carbons (Fsp3) is 0.440. The lowest BCUT2D eigenvalue weighted by Crippen LogP contribution is -2.45. The van der Waals surface area contributed by atoms with Gasteiger partial charge in [-0.1, -0.05) is 24.3 Å². The van der Waals surface area contributed by atoms with Gasteiger partial charge in [-0.05, 0) is 42.7 Å². The Morgan fingerprint density at radius 1 is 1.09 bits per heavy atom. The van der Waals surface area contributed by atoms with E-state index in [-0.39, 0.29) is 6.04 Å². The molecule has 2 aromatic rings. The second-order valence-corrected chi connectivity index (χ2v) is 8.32. The molecule has 8 heteroatoms. The van der Waals surface area contributed by atoms with Gasteiger partial charge in [0.05, 0.1) is 31.5 Å². The quantitative estimate of drug-likeness (QED) is 0.627. The van der Waals surface area contributed by atoms with E-state index in [0.29, 0.717) is 37.8 Å². The van der Waals surface area contributed by atoms with Crippen LogP contribution >= 0.6 is 0 Å². The van der Waals surface area contributed by atoms with Gasteiger partial charge < -0.3 is 25.0 Å². The largest absolute Gasteiger partial charge is 0.492 e. The molecule has 2 aromatic carbocycles. The predicted octanol–water partition coefficient (Wildman–Crippen LogP) is 2.21. The first-order chi connectivity index (χ1) is 16.1. The number of carbonyl (C=O) groups is 2. The van der Waals surface area contributed by atoms with E-state index in [4.69, 9.17) is 9.47 Å². The van der Waals surface area contributed by atoms with Crippen LogP contribution < -0.4 is 20.3 Å². The van der Waals surface area contributed by atoms with Gasteiger partial charge in [0.2, 0.25) is 0 Å². The maximum atomic E-state index is 12.7. The van der Waals surface area contributed by atoms with E-state index in [0.717, 1.165) is 31.6 Å². The molecule has 1 saturated heterocycles. The second kappa shape index (κ2) is 10.7. The Morgan fingerprint density at radius 3 is 2.67 bits per heavy atom. The van der Waals surface area contributed by atoms with Crippen LogP contribution in [0.4, 0.5) is 11.4 Å². The molecule has 0 bridgehead atoms. The summed E-state index contributed by atoms with van der Waals surface area (Å²) in [6.45, 7) is 6.58. The van der Waals surface area contributed by atoms with Crippen LogP contribution in [0.1, 0.15) is 24.1 Å². The van der Waals surface area contributed by atoms with E-state index in [9.17, 15) is 9.59 Å². The Kier molecular flexibility index (Phi) is 7.47. The number of nitrogens with zero attached hydrogens (tertiary/aromatic N) is 2. The third-order valence-corrected chi connectivity index (χ3v) is 6.20. The van der Waals surface area contributed by atoms with Crippen LogP contribution in [0.2, 0.25) is 0 Å². The molecule has 0 radical (unpaired) electrons. The molecule has 2 N–H and O–H groups in total. The summed E-state index contributed by atoms with van der Waals surface area (Å²) in [6, 6.07) is 13.6. The van der Waals surface area contributed by atoms with Gasteiger partial charge in [-0.15, -0.1) is 0 Å². The highest BCUT2D eigenvalue weighted by molar-refractivity contribution is 6.39. The Balaban J connectivity index is 1.44. The minimum atomic E-state index is -0.710. The van der Waals surface area contributed by atoms with Crippen LogP contribution in [0.3, 0.4) is 0 Å². The molecule has 0 aromatic heterocycles. The number of fused-ring (bicyclic) bond motifs is 1. The van der Waals surface area contributed by atoms with E-state index in [2.05, 4.69) is 45.7 Å². The molecule has 2 aliphatic rings. The number of anilines is 2. The van der Waals surface area contributed by atoms with Gasteiger partial charge in [-0.25, -0.2) is 0 Å². The van der Waals surface area contributed by atoms with Crippen molar-refractivity contribution in [3.05, 3.63) is 53.6 Å². The number of ether oxygens (including phenoxy) is 2. The standard InChI is InChI=1S/C25H32N4O4/c1-3-33-23-7-5-4-6-20(23)27-25(31)24(30)26-17-22(29-12-14-32-15-13-29)18-8-9-21-19(16-18)10-11-28(21)2/h4-9,16,22H,3,10-15,17H2,1-2H3,(H,26,30)(H,27,31)/t22-/m1/s1. The molecule has 1 atom stereocenters. The van der Waals surface area contributed by atoms with Crippen LogP contribution in [-0.4, -0.2) is 69.8 Å². The molecule has 0 saturated carbocycles. The summed E-state index contributed by atoms with van der Waals surface area (Å²) in [5, 5.41) is 5.50. The lowest BCUT2D eigenvalue weighted by molar-refractivity contribution is -0.136. The summed E-state index contributed by atoms with van der Waals surface area (Å²) in [5.74, 6) is -0.839. The van der Waals surface area contributed by atoms with Crippen LogP contribution in [0, 0.1) is 0 Å². The number of nitrogens with one attached hydrogen (secondary N) is 2. The summed E-state index contributed by atoms with van der Waals surface area (Å²) in [7, 11) is 2.10. The van der Waals surface area contributed by atoms with Gasteiger partial charge >= 0.3 is 11.8 Å². The van der Waals surface area contributed by atoms with Crippen molar-refractivity contribution < 1.29 is 19.1 Å². The Morgan fingerprint density at radius 2 is 1.88 bits per heavy atom. The highest BCUT2D eigenvalue weighted by atomic mass is 16.5. The van der Waals surface area contributed by atoms with Gasteiger partial charge in [-0.3, -0.25) is 14.5 Å². The molecular formula is C25H32N4O4. The molecule has 176 valence electrons. The van der Waals surface area contributed by atoms with Crippen LogP contribution in [0.25, 0.3) is 0 Å². The van der Waals surface area contributed by atoms with Crippen LogP contribution in [0.15, 0.2) is 42.5 Å². The molecule has 0 spiro atoms. The number of likely N-dealkylation sites (N-methyl/N-ethyl adjacent to an activating group) is 1. The molecule has 8 nitrogen and oxygen atoms in total. The number of carbonyl (C=O) groups excluding carboxylic acids is 2. The average molecular weight is 453 g/mol. The van der Waals surface area contributed by atoms with Crippen molar-refractivity contribution in [3.63, 3.8) is 0 Å². The highest BCUT2D eigenvalue weighted by Crippen LogP contribution is 2.31. The number of amides is 2. The molecule has 33 heavy (non-hydrogen) atoms. The first kappa shape index (κ1) is 23.1. The SMILES string of the molecule is CCOc1ccccc1NC(=O)C(=O)NC[C@H](c1ccc2c(c1)CCN2C)N1CCOCC1. The van der Waals surface area contributed by atoms with Crippen molar-refractivity contribution in [2.24, 2.45) is 0 Å². The number of benzene rings is 2. The third kappa shape index (κ3) is 5.46. The van der Waals surface area contributed by atoms with Crippen molar-refractivity contribution in [2.45, 2.75) is 19.4 Å². The number of para-hydroxylation sites is 2. The van der Waals surface area contributed by atoms with Gasteiger partial charge in [-0.2, -0.15) is 0 Å². The van der Waals surface area contributed by atoms with E-state index in [1.807, 2.05) is 13.0 Å². The van der Waals surface area contributed by atoms with Gasteiger partial charge in [0.25, 0.3) is 0 Å². The molecular weight excluding hydrogens is 420 g/mol. The Hall–Kier alpha value is -3.10. The summed E-state index contributed by atoms with van der Waals surface area (Å²) in [4.78, 5) is 29.8. The number of rotatable bonds is 7. The number of morpholine rings is 1. The molecule has 0 aliphatic carbocycles. The first-order valence-corrected chi connectivity index (χ1v) is 11.5. The second-order valence-electron chi connectivity index (χ2n) is 8.32. The first-order valence-electron chi connectivity index (χ1n) is 11.5. The maximum Gasteiger partial charge on any atom is 0.313 e. The molecule has 2 aliphatic heterocycles. The topological polar surface area (TPSA) is 83.1 Å². The van der Waals surface area contributed by atoms with Gasteiger partial charge in [0.1, 0.15) is 5.75 Å². The van der Waals surface area contributed by atoms with E-state index >= 15 is 0 Å². The lowest BCUT2D eigenvalue weighted by Gasteiger charge is -2.35. The zero-order valence-electron chi connectivity index (χ0n) is 19.3. The molecule has 4 rings (SSSR count). The van der Waals surface area contributed by atoms with E-state index < -0.39 is 11.8 Å². The minimum Gasteiger partial charge on any atom is -0.492 e. The zero-order chi connectivity index (χ0) is 23.2. The molecule has 0 unspecified atom stereocenters. The van der Waals surface area contributed by atoms with Crippen molar-refractivity contribution in [1.82, 2.24) is 10.2 Å². The fourth-order valence-electron chi connectivity index (χ4n) is 4.44. The highest BCUT2D eigenvalue weighted by Gasteiger charge is 2.26. The van der Waals surface area contributed by atoms with Gasteiger partial charge in [0, 0.05) is 38.9 Å². The lowest BCUT2D eigenvalue weighted by atomic mass is 10.0. The normalized spacial score (nSPS) is 16.7. The van der Waals surface area contributed by atoms with Crippen LogP contribution in [-0.2, 0) is 20.7 Å².